The van der Waals surface area contributed by atoms with Crippen molar-refractivity contribution < 1.29 is 23.1 Å². The van der Waals surface area contributed by atoms with Crippen molar-refractivity contribution in [1.29, 1.82) is 0 Å². The van der Waals surface area contributed by atoms with Crippen molar-refractivity contribution in [2.45, 2.75) is 61.4 Å². The van der Waals surface area contributed by atoms with Gasteiger partial charge in [0.15, 0.2) is 5.65 Å². The van der Waals surface area contributed by atoms with Crippen molar-refractivity contribution in [1.82, 2.24) is 19.9 Å². The van der Waals surface area contributed by atoms with Crippen LogP contribution >= 0.6 is 11.8 Å². The van der Waals surface area contributed by atoms with E-state index in [2.05, 4.69) is 15.6 Å². The second kappa shape index (κ2) is 10.2. The number of rotatable bonds is 8. The third-order valence-electron chi connectivity index (χ3n) is 6.24. The Morgan fingerprint density at radius 1 is 1.13 bits per heavy atom. The van der Waals surface area contributed by atoms with Crippen molar-refractivity contribution in [3.8, 4) is 11.3 Å². The SMILES string of the molecule is Cc1cc(-c2cnc3c(NCC(C)(C)O)cc(Sc4ccc(C(F)(F)F)cc4)nn23)ccc1C(=O)NC1CC1. The zero-order chi connectivity index (χ0) is 27.9. The molecule has 1 aliphatic rings. The lowest BCUT2D eigenvalue weighted by Crippen LogP contribution is -2.29. The highest BCUT2D eigenvalue weighted by Gasteiger charge is 2.30. The average Bonchev–Trinajstić information content (AvgIpc) is 3.57. The quantitative estimate of drug-likeness (QED) is 0.249. The normalized spacial score (nSPS) is 14.0. The van der Waals surface area contributed by atoms with Gasteiger partial charge in [-0.25, -0.2) is 9.50 Å². The number of carbonyl (C=O) groups excluding carboxylic acids is 1. The van der Waals surface area contributed by atoms with Crippen LogP contribution in [0.3, 0.4) is 0 Å². The van der Waals surface area contributed by atoms with Gasteiger partial charge < -0.3 is 15.7 Å². The number of aliphatic hydroxyl groups is 1. The number of benzene rings is 2. The molecule has 4 aromatic rings. The fraction of sp³-hybridized carbons (Fsp3) is 0.321. The molecule has 1 amide bonds. The lowest BCUT2D eigenvalue weighted by Gasteiger charge is -2.19. The van der Waals surface area contributed by atoms with E-state index in [0.717, 1.165) is 36.1 Å². The lowest BCUT2D eigenvalue weighted by atomic mass is 10.0. The summed E-state index contributed by atoms with van der Waals surface area (Å²) in [5.41, 5.74) is 2.34. The van der Waals surface area contributed by atoms with Gasteiger partial charge in [0, 0.05) is 28.6 Å². The predicted molar refractivity (Wildman–Crippen MR) is 144 cm³/mol. The van der Waals surface area contributed by atoms with Crippen LogP contribution in [0.15, 0.2) is 64.6 Å². The molecular weight excluding hydrogens is 527 g/mol. The number of hydrogen-bond acceptors (Lipinski definition) is 6. The monoisotopic (exact) mass is 555 g/mol. The van der Waals surface area contributed by atoms with E-state index < -0.39 is 17.3 Å². The Hall–Kier alpha value is -3.57. The van der Waals surface area contributed by atoms with Crippen molar-refractivity contribution >= 4 is 29.0 Å². The molecule has 39 heavy (non-hydrogen) atoms. The molecule has 0 saturated heterocycles. The number of aryl methyl sites for hydroxylation is 1. The Morgan fingerprint density at radius 3 is 2.46 bits per heavy atom. The summed E-state index contributed by atoms with van der Waals surface area (Å²) in [6.07, 6.45) is -0.713. The van der Waals surface area contributed by atoms with Gasteiger partial charge in [0.25, 0.3) is 5.91 Å². The number of carbonyl (C=O) groups is 1. The maximum absolute atomic E-state index is 13.0. The van der Waals surface area contributed by atoms with Crippen LogP contribution in [-0.2, 0) is 6.18 Å². The molecule has 1 aliphatic carbocycles. The van der Waals surface area contributed by atoms with E-state index in [-0.39, 0.29) is 18.5 Å². The third kappa shape index (κ3) is 6.36. The molecule has 0 bridgehead atoms. The highest BCUT2D eigenvalue weighted by molar-refractivity contribution is 7.99. The Kier molecular flexibility index (Phi) is 7.06. The number of imidazole rings is 1. The van der Waals surface area contributed by atoms with E-state index in [1.807, 2.05) is 19.1 Å². The predicted octanol–water partition coefficient (Wildman–Crippen LogP) is 5.95. The smallest absolute Gasteiger partial charge is 0.389 e. The van der Waals surface area contributed by atoms with Crippen LogP contribution in [-0.4, -0.2) is 43.8 Å². The van der Waals surface area contributed by atoms with E-state index in [0.29, 0.717) is 32.5 Å². The molecule has 0 radical (unpaired) electrons. The maximum atomic E-state index is 13.0. The standard InChI is InChI=1S/C28H28F3N5O2S/c1-16-12-17(4-11-21(16)26(37)34-19-7-8-19)23-14-32-25-22(33-15-27(2,3)38)13-24(35-36(23)25)39-20-9-5-18(6-10-20)28(29,30)31/h4-6,9-14,19,33,38H,7-8,15H2,1-3H3,(H,34,37). The average molecular weight is 556 g/mol. The van der Waals surface area contributed by atoms with Gasteiger partial charge >= 0.3 is 6.18 Å². The summed E-state index contributed by atoms with van der Waals surface area (Å²) >= 11 is 1.22. The zero-order valence-electron chi connectivity index (χ0n) is 21.6. The second-order valence-electron chi connectivity index (χ2n) is 10.3. The van der Waals surface area contributed by atoms with E-state index in [1.165, 1.54) is 23.9 Å². The van der Waals surface area contributed by atoms with Crippen molar-refractivity contribution in [2.75, 3.05) is 11.9 Å². The molecule has 2 heterocycles. The number of nitrogens with zero attached hydrogens (tertiary/aromatic N) is 3. The summed E-state index contributed by atoms with van der Waals surface area (Å²) < 4.78 is 40.7. The summed E-state index contributed by atoms with van der Waals surface area (Å²) in [6.45, 7) is 5.47. The van der Waals surface area contributed by atoms with Gasteiger partial charge in [-0.05, 0) is 81.6 Å². The number of halogens is 3. The van der Waals surface area contributed by atoms with E-state index in [1.54, 1.807) is 36.7 Å². The molecule has 204 valence electrons. The number of anilines is 1. The Morgan fingerprint density at radius 2 is 1.85 bits per heavy atom. The Labute approximate surface area is 227 Å². The van der Waals surface area contributed by atoms with Gasteiger partial charge in [0.1, 0.15) is 5.03 Å². The molecule has 11 heteroatoms. The summed E-state index contributed by atoms with van der Waals surface area (Å²) in [5.74, 6) is -0.0915. The molecule has 3 N–H and O–H groups in total. The fourth-order valence-corrected chi connectivity index (χ4v) is 4.85. The van der Waals surface area contributed by atoms with Crippen LogP contribution in [0.1, 0.15) is 48.2 Å². The molecule has 1 saturated carbocycles. The van der Waals surface area contributed by atoms with Crippen molar-refractivity contribution in [3.63, 3.8) is 0 Å². The van der Waals surface area contributed by atoms with Crippen LogP contribution in [0.2, 0.25) is 0 Å². The van der Waals surface area contributed by atoms with Gasteiger partial charge in [0.05, 0.1) is 28.7 Å². The molecule has 0 unspecified atom stereocenters. The van der Waals surface area contributed by atoms with E-state index in [9.17, 15) is 23.1 Å². The second-order valence-corrected chi connectivity index (χ2v) is 11.4. The van der Waals surface area contributed by atoms with Crippen LogP contribution in [0, 0.1) is 6.92 Å². The van der Waals surface area contributed by atoms with Crippen LogP contribution in [0.4, 0.5) is 18.9 Å². The third-order valence-corrected chi connectivity index (χ3v) is 7.16. The number of hydrogen-bond donors (Lipinski definition) is 3. The summed E-state index contributed by atoms with van der Waals surface area (Å²) in [4.78, 5) is 17.7. The van der Waals surface area contributed by atoms with Crippen molar-refractivity contribution in [2.24, 2.45) is 0 Å². The minimum absolute atomic E-state index is 0.0915. The fourth-order valence-electron chi connectivity index (χ4n) is 4.04. The lowest BCUT2D eigenvalue weighted by molar-refractivity contribution is -0.137. The first-order valence-corrected chi connectivity index (χ1v) is 13.3. The molecule has 2 aromatic carbocycles. The topological polar surface area (TPSA) is 91.6 Å². The van der Waals surface area contributed by atoms with Gasteiger partial charge in [-0.3, -0.25) is 4.79 Å². The first kappa shape index (κ1) is 27.0. The zero-order valence-corrected chi connectivity index (χ0v) is 22.5. The summed E-state index contributed by atoms with van der Waals surface area (Å²) in [7, 11) is 0. The molecule has 0 aliphatic heterocycles. The van der Waals surface area contributed by atoms with Gasteiger partial charge in [-0.1, -0.05) is 17.8 Å². The van der Waals surface area contributed by atoms with Gasteiger partial charge in [-0.15, -0.1) is 0 Å². The minimum atomic E-state index is -4.41. The first-order chi connectivity index (χ1) is 18.4. The van der Waals surface area contributed by atoms with Crippen molar-refractivity contribution in [3.05, 3.63) is 71.4 Å². The highest BCUT2D eigenvalue weighted by Crippen LogP contribution is 2.35. The molecule has 0 spiro atoms. The number of fused-ring (bicyclic) bond motifs is 1. The molecule has 7 nitrogen and oxygen atoms in total. The van der Waals surface area contributed by atoms with Gasteiger partial charge in [0.2, 0.25) is 0 Å². The molecule has 2 aromatic heterocycles. The highest BCUT2D eigenvalue weighted by atomic mass is 32.2. The Balaban J connectivity index is 1.51. The molecule has 0 atom stereocenters. The van der Waals surface area contributed by atoms with Crippen LogP contribution in [0.25, 0.3) is 16.9 Å². The van der Waals surface area contributed by atoms with E-state index in [4.69, 9.17) is 5.10 Å². The van der Waals surface area contributed by atoms with Gasteiger partial charge in [-0.2, -0.15) is 18.3 Å². The molecule has 5 rings (SSSR count). The molecule has 1 fully saturated rings. The summed E-state index contributed by atoms with van der Waals surface area (Å²) in [5, 5.41) is 21.7. The molecular formula is C28H28F3N5O2S. The largest absolute Gasteiger partial charge is 0.416 e. The number of aromatic nitrogens is 3. The Bertz CT molecular complexity index is 1520. The van der Waals surface area contributed by atoms with Crippen LogP contribution < -0.4 is 10.6 Å². The number of nitrogens with one attached hydrogen (secondary N) is 2. The van der Waals surface area contributed by atoms with Crippen LogP contribution in [0.5, 0.6) is 0 Å². The minimum Gasteiger partial charge on any atom is -0.389 e. The maximum Gasteiger partial charge on any atom is 0.416 e. The summed E-state index contributed by atoms with van der Waals surface area (Å²) in [6, 6.07) is 12.5. The number of alkyl halides is 3. The first-order valence-electron chi connectivity index (χ1n) is 12.5. The number of amides is 1. The van der Waals surface area contributed by atoms with E-state index >= 15 is 0 Å².